The van der Waals surface area contributed by atoms with Gasteiger partial charge in [0.2, 0.25) is 0 Å². The molecule has 0 aliphatic heterocycles. The number of amides is 2. The van der Waals surface area contributed by atoms with E-state index in [2.05, 4.69) is 20.6 Å². The molecule has 0 unspecified atom stereocenters. The van der Waals surface area contributed by atoms with Crippen LogP contribution in [0.4, 0.5) is 11.5 Å². The van der Waals surface area contributed by atoms with Crippen LogP contribution in [0.3, 0.4) is 0 Å². The summed E-state index contributed by atoms with van der Waals surface area (Å²) in [4.78, 5) is 33.2. The Balaban J connectivity index is 1.52. The number of carbonyl (C=O) groups excluding carboxylic acids is 2. The maximum Gasteiger partial charge on any atom is 0.255 e. The van der Waals surface area contributed by atoms with Gasteiger partial charge in [0.15, 0.2) is 0 Å². The first-order valence-corrected chi connectivity index (χ1v) is 11.6. The van der Waals surface area contributed by atoms with Crippen molar-refractivity contribution < 1.29 is 24.2 Å². The number of nitrogens with two attached hydrogens (primary N) is 1. The second-order valence-electron chi connectivity index (χ2n) is 8.12. The third kappa shape index (κ3) is 6.30. The number of benzene rings is 3. The summed E-state index contributed by atoms with van der Waals surface area (Å²) < 4.78 is 10.8. The standard InChI is InChI=1S/C27H27N5O5/c1-36-20-8-6-18(7-9-20)27(35)32-19-5-2-4-17(12-19)15-29-26-23-14-21(37-11-3-10-33)13-22(25(28)34)24(23)30-16-31-26/h2,4-9,12-14,16,33H,3,10-11,15H2,1H3,(H2,28,34)(H,32,35)(H,29,30,31). The summed E-state index contributed by atoms with van der Waals surface area (Å²) in [6.07, 6.45) is 1.81. The van der Waals surface area contributed by atoms with Gasteiger partial charge in [-0.05, 0) is 54.1 Å². The molecule has 5 N–H and O–H groups in total. The number of fused-ring (bicyclic) bond motifs is 1. The number of nitrogens with zero attached hydrogens (tertiary/aromatic N) is 2. The smallest absolute Gasteiger partial charge is 0.255 e. The Labute approximate surface area is 213 Å². The molecule has 0 saturated heterocycles. The maximum atomic E-state index is 12.6. The lowest BCUT2D eigenvalue weighted by Crippen LogP contribution is -2.13. The predicted octanol–water partition coefficient (Wildman–Crippen LogP) is 3.36. The number of aliphatic hydroxyl groups excluding tert-OH is 1. The fourth-order valence-electron chi connectivity index (χ4n) is 3.70. The molecule has 0 radical (unpaired) electrons. The van der Waals surface area contributed by atoms with Crippen molar-refractivity contribution in [2.75, 3.05) is 31.0 Å². The topological polar surface area (TPSA) is 149 Å². The molecule has 0 spiro atoms. The molecule has 37 heavy (non-hydrogen) atoms. The van der Waals surface area contributed by atoms with Gasteiger partial charge in [-0.15, -0.1) is 0 Å². The highest BCUT2D eigenvalue weighted by molar-refractivity contribution is 6.07. The van der Waals surface area contributed by atoms with Crippen molar-refractivity contribution in [3.63, 3.8) is 0 Å². The van der Waals surface area contributed by atoms with E-state index in [1.54, 1.807) is 43.5 Å². The zero-order valence-electron chi connectivity index (χ0n) is 20.2. The van der Waals surface area contributed by atoms with Crippen molar-refractivity contribution in [1.82, 2.24) is 9.97 Å². The minimum Gasteiger partial charge on any atom is -0.497 e. The van der Waals surface area contributed by atoms with Crippen LogP contribution in [-0.2, 0) is 6.54 Å². The Kier molecular flexibility index (Phi) is 8.11. The number of methoxy groups -OCH3 is 1. The minimum absolute atomic E-state index is 0.00815. The normalized spacial score (nSPS) is 10.6. The molecule has 2 amide bonds. The molecule has 0 saturated carbocycles. The first kappa shape index (κ1) is 25.4. The second-order valence-corrected chi connectivity index (χ2v) is 8.12. The van der Waals surface area contributed by atoms with E-state index in [1.807, 2.05) is 18.2 Å². The van der Waals surface area contributed by atoms with Crippen LogP contribution in [0.25, 0.3) is 10.9 Å². The number of rotatable bonds is 11. The van der Waals surface area contributed by atoms with Gasteiger partial charge in [-0.25, -0.2) is 9.97 Å². The van der Waals surface area contributed by atoms with Gasteiger partial charge in [-0.3, -0.25) is 9.59 Å². The summed E-state index contributed by atoms with van der Waals surface area (Å²) in [5.41, 5.74) is 8.24. The summed E-state index contributed by atoms with van der Waals surface area (Å²) in [6.45, 7) is 0.664. The fourth-order valence-corrected chi connectivity index (χ4v) is 3.70. The third-order valence-electron chi connectivity index (χ3n) is 5.55. The highest BCUT2D eigenvalue weighted by Gasteiger charge is 2.15. The second kappa shape index (κ2) is 11.8. The van der Waals surface area contributed by atoms with Crippen LogP contribution in [0.5, 0.6) is 11.5 Å². The third-order valence-corrected chi connectivity index (χ3v) is 5.55. The van der Waals surface area contributed by atoms with Crippen LogP contribution in [0.2, 0.25) is 0 Å². The van der Waals surface area contributed by atoms with Gasteiger partial charge < -0.3 is 30.9 Å². The van der Waals surface area contributed by atoms with Crippen molar-refractivity contribution in [3.8, 4) is 11.5 Å². The van der Waals surface area contributed by atoms with Crippen LogP contribution < -0.4 is 25.8 Å². The SMILES string of the molecule is COc1ccc(C(=O)Nc2cccc(CNc3ncnc4c(C(N)=O)cc(OCCCO)cc34)c2)cc1. The van der Waals surface area contributed by atoms with Crippen molar-refractivity contribution >= 4 is 34.2 Å². The number of aliphatic hydroxyl groups is 1. The van der Waals surface area contributed by atoms with Gasteiger partial charge in [0.1, 0.15) is 23.6 Å². The summed E-state index contributed by atoms with van der Waals surface area (Å²) >= 11 is 0. The Morgan fingerprint density at radius 2 is 1.84 bits per heavy atom. The Morgan fingerprint density at radius 1 is 1.03 bits per heavy atom. The molecule has 3 aromatic carbocycles. The van der Waals surface area contributed by atoms with Crippen molar-refractivity contribution in [2.24, 2.45) is 5.73 Å². The zero-order valence-corrected chi connectivity index (χ0v) is 20.2. The van der Waals surface area contributed by atoms with Crippen molar-refractivity contribution in [3.05, 3.63) is 83.7 Å². The van der Waals surface area contributed by atoms with Gasteiger partial charge >= 0.3 is 0 Å². The molecule has 0 aliphatic carbocycles. The van der Waals surface area contributed by atoms with E-state index in [-0.39, 0.29) is 24.7 Å². The summed E-state index contributed by atoms with van der Waals surface area (Å²) in [5.74, 6) is 0.724. The molecule has 10 heteroatoms. The molecule has 0 fully saturated rings. The average molecular weight is 502 g/mol. The predicted molar refractivity (Wildman–Crippen MR) is 140 cm³/mol. The fraction of sp³-hybridized carbons (Fsp3) is 0.185. The lowest BCUT2D eigenvalue weighted by molar-refractivity contribution is 0.0998. The summed E-state index contributed by atoms with van der Waals surface area (Å²) in [7, 11) is 1.57. The van der Waals surface area contributed by atoms with Gasteiger partial charge in [0.25, 0.3) is 11.8 Å². The monoisotopic (exact) mass is 501 g/mol. The first-order chi connectivity index (χ1) is 18.0. The van der Waals surface area contributed by atoms with Crippen molar-refractivity contribution in [1.29, 1.82) is 0 Å². The van der Waals surface area contributed by atoms with Gasteiger partial charge in [0.05, 0.1) is 24.8 Å². The Hall–Kier alpha value is -4.70. The average Bonchev–Trinajstić information content (AvgIpc) is 2.91. The van der Waals surface area contributed by atoms with Gasteiger partial charge in [-0.1, -0.05) is 12.1 Å². The number of hydrogen-bond donors (Lipinski definition) is 4. The highest BCUT2D eigenvalue weighted by Crippen LogP contribution is 2.28. The molecule has 4 aromatic rings. The number of primary amides is 1. The van der Waals surface area contributed by atoms with E-state index in [1.165, 1.54) is 12.4 Å². The summed E-state index contributed by atoms with van der Waals surface area (Å²) in [6, 6.07) is 17.5. The molecule has 1 heterocycles. The van der Waals surface area contributed by atoms with E-state index < -0.39 is 5.91 Å². The molecule has 0 bridgehead atoms. The number of anilines is 2. The van der Waals surface area contributed by atoms with E-state index in [4.69, 9.17) is 20.3 Å². The number of aromatic nitrogens is 2. The van der Waals surface area contributed by atoms with Crippen LogP contribution >= 0.6 is 0 Å². The Bertz CT molecular complexity index is 1410. The minimum atomic E-state index is -0.637. The van der Waals surface area contributed by atoms with Crippen LogP contribution in [0.15, 0.2) is 67.0 Å². The number of nitrogens with one attached hydrogen (secondary N) is 2. The molecule has 4 rings (SSSR count). The zero-order chi connectivity index (χ0) is 26.2. The van der Waals surface area contributed by atoms with E-state index >= 15 is 0 Å². The molecule has 10 nitrogen and oxygen atoms in total. The van der Waals surface area contributed by atoms with Gasteiger partial charge in [0, 0.05) is 36.2 Å². The molecule has 190 valence electrons. The molecule has 1 aromatic heterocycles. The van der Waals surface area contributed by atoms with E-state index in [0.717, 1.165) is 5.56 Å². The quantitative estimate of drug-likeness (QED) is 0.229. The largest absolute Gasteiger partial charge is 0.497 e. The summed E-state index contributed by atoms with van der Waals surface area (Å²) in [5, 5.41) is 15.7. The highest BCUT2D eigenvalue weighted by atomic mass is 16.5. The number of ether oxygens (including phenoxy) is 2. The number of hydrogen-bond acceptors (Lipinski definition) is 8. The first-order valence-electron chi connectivity index (χ1n) is 11.6. The van der Waals surface area contributed by atoms with Crippen LogP contribution in [0.1, 0.15) is 32.7 Å². The van der Waals surface area contributed by atoms with E-state index in [9.17, 15) is 9.59 Å². The number of carbonyl (C=O) groups is 2. The van der Waals surface area contributed by atoms with Crippen molar-refractivity contribution in [2.45, 2.75) is 13.0 Å². The molecular weight excluding hydrogens is 474 g/mol. The lowest BCUT2D eigenvalue weighted by atomic mass is 10.1. The molecule has 0 aliphatic rings. The lowest BCUT2D eigenvalue weighted by Gasteiger charge is -2.13. The molecular formula is C27H27N5O5. The van der Waals surface area contributed by atoms with Crippen LogP contribution in [-0.4, -0.2) is 47.2 Å². The van der Waals surface area contributed by atoms with Gasteiger partial charge in [-0.2, -0.15) is 0 Å². The Morgan fingerprint density at radius 3 is 2.57 bits per heavy atom. The maximum absolute atomic E-state index is 12.6. The van der Waals surface area contributed by atoms with E-state index in [0.29, 0.717) is 52.4 Å². The molecule has 0 atom stereocenters. The van der Waals surface area contributed by atoms with Crippen LogP contribution in [0, 0.1) is 0 Å².